The van der Waals surface area contributed by atoms with E-state index in [2.05, 4.69) is 20.5 Å². The lowest BCUT2D eigenvalue weighted by Gasteiger charge is -2.27. The first-order chi connectivity index (χ1) is 12.8. The average Bonchev–Trinajstić information content (AvgIpc) is 3.27. The molecule has 1 amide bonds. The molecule has 1 atom stereocenters. The molecule has 0 bridgehead atoms. The second kappa shape index (κ2) is 12.0. The molecule has 2 rings (SSSR count). The topological polar surface area (TPSA) is 69.2 Å². The molecule has 0 aromatic rings. The maximum absolute atomic E-state index is 12.2. The van der Waals surface area contributed by atoms with Crippen LogP contribution in [-0.2, 0) is 4.74 Å². The third-order valence-electron chi connectivity index (χ3n) is 5.33. The molecule has 1 unspecified atom stereocenters. The van der Waals surface area contributed by atoms with E-state index in [0.717, 1.165) is 25.0 Å². The Hall–Kier alpha value is -0.770. The van der Waals surface area contributed by atoms with E-state index in [0.29, 0.717) is 25.7 Å². The fourth-order valence-electron chi connectivity index (χ4n) is 3.91. The van der Waals surface area contributed by atoms with Gasteiger partial charge < -0.3 is 20.3 Å². The van der Waals surface area contributed by atoms with Crippen molar-refractivity contribution in [3.05, 3.63) is 0 Å². The summed E-state index contributed by atoms with van der Waals surface area (Å²) in [7, 11) is 1.80. The third kappa shape index (κ3) is 8.31. The van der Waals surface area contributed by atoms with Crippen molar-refractivity contribution in [2.45, 2.75) is 77.5 Å². The van der Waals surface area contributed by atoms with Crippen LogP contribution in [0.5, 0.6) is 0 Å². The molecule has 1 aliphatic carbocycles. The summed E-state index contributed by atoms with van der Waals surface area (Å²) in [5, 5.41) is 6.87. The Morgan fingerprint density at radius 2 is 1.93 bits per heavy atom. The fourth-order valence-corrected chi connectivity index (χ4v) is 3.91. The second-order valence-electron chi connectivity index (χ2n) is 8.62. The molecular formula is C20H40IN5O2. The number of likely N-dealkylation sites (N-methyl/N-ethyl adjacent to an activating group) is 1. The van der Waals surface area contributed by atoms with Crippen LogP contribution in [0.1, 0.15) is 59.8 Å². The first-order valence-electron chi connectivity index (χ1n) is 10.5. The molecule has 1 aliphatic heterocycles. The van der Waals surface area contributed by atoms with E-state index in [-0.39, 0.29) is 30.1 Å². The Bertz CT molecular complexity index is 503. The normalized spacial score (nSPS) is 21.3. The molecule has 2 fully saturated rings. The molecule has 0 aromatic carbocycles. The summed E-state index contributed by atoms with van der Waals surface area (Å²) >= 11 is 0. The Labute approximate surface area is 188 Å². The number of rotatable bonds is 6. The van der Waals surface area contributed by atoms with E-state index in [1.807, 2.05) is 27.7 Å². The second-order valence-corrected chi connectivity index (χ2v) is 8.62. The number of nitrogens with zero attached hydrogens (tertiary/aromatic N) is 3. The van der Waals surface area contributed by atoms with Crippen molar-refractivity contribution >= 4 is 36.0 Å². The summed E-state index contributed by atoms with van der Waals surface area (Å²) in [6.45, 7) is 11.8. The lowest BCUT2D eigenvalue weighted by Crippen LogP contribution is -2.48. The lowest BCUT2D eigenvalue weighted by molar-refractivity contribution is 0.0264. The number of guanidine groups is 1. The number of nitrogens with one attached hydrogen (secondary N) is 2. The molecule has 2 N–H and O–H groups in total. The van der Waals surface area contributed by atoms with Gasteiger partial charge in [0.1, 0.15) is 5.60 Å². The molecule has 1 saturated heterocycles. The monoisotopic (exact) mass is 509 g/mol. The van der Waals surface area contributed by atoms with E-state index < -0.39 is 5.60 Å². The van der Waals surface area contributed by atoms with Crippen LogP contribution in [0.2, 0.25) is 0 Å². The standard InChI is InChI=1S/C20H39N5O2.HI/c1-6-24(19(26)27-20(2,3)4)14-12-22-18(21-5)23-16-11-13-25(15-16)17-9-7-8-10-17;/h16-17H,6-15H2,1-5H3,(H2,21,22,23);1H. The summed E-state index contributed by atoms with van der Waals surface area (Å²) in [5.41, 5.74) is -0.469. The molecule has 2 aliphatic rings. The molecule has 28 heavy (non-hydrogen) atoms. The number of amides is 1. The number of carbonyl (C=O) groups is 1. The minimum atomic E-state index is -0.469. The highest BCUT2D eigenvalue weighted by atomic mass is 127. The molecule has 0 spiro atoms. The van der Waals surface area contributed by atoms with Gasteiger partial charge >= 0.3 is 6.09 Å². The number of carbonyl (C=O) groups excluding carboxylic acids is 1. The van der Waals surface area contributed by atoms with Gasteiger partial charge in [0.2, 0.25) is 0 Å². The predicted molar refractivity (Wildman–Crippen MR) is 126 cm³/mol. The molecule has 8 heteroatoms. The summed E-state index contributed by atoms with van der Waals surface area (Å²) in [5.74, 6) is 0.813. The quantitative estimate of drug-likeness (QED) is 0.327. The van der Waals surface area contributed by atoms with Gasteiger partial charge in [0, 0.05) is 51.9 Å². The minimum absolute atomic E-state index is 0. The first kappa shape index (κ1) is 25.3. The van der Waals surface area contributed by atoms with Crippen LogP contribution in [0.3, 0.4) is 0 Å². The van der Waals surface area contributed by atoms with Crippen molar-refractivity contribution in [1.29, 1.82) is 0 Å². The van der Waals surface area contributed by atoms with E-state index in [1.54, 1.807) is 11.9 Å². The lowest BCUT2D eigenvalue weighted by atomic mass is 10.2. The van der Waals surface area contributed by atoms with Gasteiger partial charge in [0.05, 0.1) is 0 Å². The first-order valence-corrected chi connectivity index (χ1v) is 10.5. The number of aliphatic imine (C=N–C) groups is 1. The largest absolute Gasteiger partial charge is 0.444 e. The Kier molecular flexibility index (Phi) is 10.9. The van der Waals surface area contributed by atoms with Crippen LogP contribution in [-0.4, -0.2) is 79.3 Å². The van der Waals surface area contributed by atoms with Gasteiger partial charge in [-0.1, -0.05) is 12.8 Å². The SMILES string of the molecule is CCN(CCNC(=NC)NC1CCN(C2CCCC2)C1)C(=O)OC(C)(C)C.I. The Morgan fingerprint density at radius 1 is 1.25 bits per heavy atom. The zero-order chi connectivity index (χ0) is 19.9. The van der Waals surface area contributed by atoms with Gasteiger partial charge in [-0.2, -0.15) is 0 Å². The van der Waals surface area contributed by atoms with E-state index in [4.69, 9.17) is 4.74 Å². The summed E-state index contributed by atoms with van der Waals surface area (Å²) in [4.78, 5) is 20.9. The number of likely N-dealkylation sites (tertiary alicyclic amines) is 1. The minimum Gasteiger partial charge on any atom is -0.444 e. The molecule has 0 aromatic heterocycles. The van der Waals surface area contributed by atoms with E-state index >= 15 is 0 Å². The van der Waals surface area contributed by atoms with Gasteiger partial charge in [0.15, 0.2) is 5.96 Å². The van der Waals surface area contributed by atoms with Crippen molar-refractivity contribution in [1.82, 2.24) is 20.4 Å². The van der Waals surface area contributed by atoms with Crippen LogP contribution in [0.4, 0.5) is 4.79 Å². The predicted octanol–water partition coefficient (Wildman–Crippen LogP) is 3.04. The highest BCUT2D eigenvalue weighted by Gasteiger charge is 2.30. The zero-order valence-electron chi connectivity index (χ0n) is 18.3. The summed E-state index contributed by atoms with van der Waals surface area (Å²) in [6.07, 6.45) is 6.38. The van der Waals surface area contributed by atoms with Crippen molar-refractivity contribution in [2.75, 3.05) is 39.8 Å². The average molecular weight is 509 g/mol. The Morgan fingerprint density at radius 3 is 2.50 bits per heavy atom. The third-order valence-corrected chi connectivity index (χ3v) is 5.33. The number of ether oxygens (including phenoxy) is 1. The fraction of sp³-hybridized carbons (Fsp3) is 0.900. The Balaban J connectivity index is 0.00000392. The smallest absolute Gasteiger partial charge is 0.410 e. The maximum atomic E-state index is 12.2. The number of hydrogen-bond donors (Lipinski definition) is 2. The van der Waals surface area contributed by atoms with Crippen molar-refractivity contribution in [2.24, 2.45) is 4.99 Å². The van der Waals surface area contributed by atoms with Crippen molar-refractivity contribution < 1.29 is 9.53 Å². The van der Waals surface area contributed by atoms with Crippen molar-refractivity contribution in [3.63, 3.8) is 0 Å². The van der Waals surface area contributed by atoms with Crippen LogP contribution < -0.4 is 10.6 Å². The van der Waals surface area contributed by atoms with Gasteiger partial charge in [-0.05, 0) is 47.0 Å². The van der Waals surface area contributed by atoms with Crippen LogP contribution in [0.15, 0.2) is 4.99 Å². The molecule has 0 radical (unpaired) electrons. The molecular weight excluding hydrogens is 469 g/mol. The molecule has 1 saturated carbocycles. The zero-order valence-corrected chi connectivity index (χ0v) is 20.6. The highest BCUT2D eigenvalue weighted by molar-refractivity contribution is 14.0. The van der Waals surface area contributed by atoms with Gasteiger partial charge in [0.25, 0.3) is 0 Å². The maximum Gasteiger partial charge on any atom is 0.410 e. The molecule has 1 heterocycles. The summed E-state index contributed by atoms with van der Waals surface area (Å²) in [6, 6.07) is 1.24. The van der Waals surface area contributed by atoms with Gasteiger partial charge in [-0.15, -0.1) is 24.0 Å². The number of hydrogen-bond acceptors (Lipinski definition) is 4. The molecule has 7 nitrogen and oxygen atoms in total. The van der Waals surface area contributed by atoms with Gasteiger partial charge in [-0.25, -0.2) is 4.79 Å². The van der Waals surface area contributed by atoms with Crippen LogP contribution in [0.25, 0.3) is 0 Å². The van der Waals surface area contributed by atoms with E-state index in [1.165, 1.54) is 32.2 Å². The number of halogens is 1. The van der Waals surface area contributed by atoms with E-state index in [9.17, 15) is 4.79 Å². The summed E-state index contributed by atoms with van der Waals surface area (Å²) < 4.78 is 5.45. The molecule has 164 valence electrons. The highest BCUT2D eigenvalue weighted by Crippen LogP contribution is 2.26. The van der Waals surface area contributed by atoms with Crippen molar-refractivity contribution in [3.8, 4) is 0 Å². The van der Waals surface area contributed by atoms with Crippen LogP contribution in [0, 0.1) is 0 Å². The van der Waals surface area contributed by atoms with Gasteiger partial charge in [-0.3, -0.25) is 9.89 Å². The van der Waals surface area contributed by atoms with Crippen LogP contribution >= 0.6 is 24.0 Å².